The fraction of sp³-hybridized carbons (Fsp3) is 0.450. The predicted octanol–water partition coefficient (Wildman–Crippen LogP) is 1.22. The van der Waals surface area contributed by atoms with Gasteiger partial charge < -0.3 is 15.1 Å². The van der Waals surface area contributed by atoms with Crippen LogP contribution in [0.25, 0.3) is 5.69 Å². The highest BCUT2D eigenvalue weighted by atomic mass is 16.2. The Labute approximate surface area is 158 Å². The lowest BCUT2D eigenvalue weighted by Crippen LogP contribution is -2.57. The molecular weight excluding hydrogens is 342 g/mol. The van der Waals surface area contributed by atoms with E-state index in [1.54, 1.807) is 4.68 Å². The van der Waals surface area contributed by atoms with E-state index in [1.165, 1.54) is 0 Å². The molecule has 2 aliphatic rings. The first kappa shape index (κ1) is 17.7. The second-order valence-corrected chi connectivity index (χ2v) is 7.23. The highest BCUT2D eigenvalue weighted by molar-refractivity contribution is 5.92. The van der Waals surface area contributed by atoms with E-state index in [4.69, 9.17) is 0 Å². The van der Waals surface area contributed by atoms with Crippen LogP contribution in [0.4, 0.5) is 0 Å². The maximum atomic E-state index is 13.0. The summed E-state index contributed by atoms with van der Waals surface area (Å²) in [6.07, 6.45) is 1.86. The molecule has 1 N–H and O–H groups in total. The van der Waals surface area contributed by atoms with Gasteiger partial charge in [0.1, 0.15) is 0 Å². The Balaban J connectivity index is 1.50. The monoisotopic (exact) mass is 367 g/mol. The molecule has 7 nitrogen and oxygen atoms in total. The van der Waals surface area contributed by atoms with Gasteiger partial charge >= 0.3 is 0 Å². The molecule has 0 bridgehead atoms. The molecule has 2 aromatic rings. The SMILES string of the molecule is Cc1cc(C(=O)N2CCCC(N3CCNCC3=O)C2)nn1-c1ccccc1. The van der Waals surface area contributed by atoms with Crippen LogP contribution in [0.15, 0.2) is 36.4 Å². The number of carbonyl (C=O) groups excluding carboxylic acids is 2. The average Bonchev–Trinajstić information content (AvgIpc) is 3.10. The highest BCUT2D eigenvalue weighted by Gasteiger charge is 2.32. The molecule has 7 heteroatoms. The van der Waals surface area contributed by atoms with Gasteiger partial charge in [-0.1, -0.05) is 18.2 Å². The third-order valence-electron chi connectivity index (χ3n) is 5.36. The van der Waals surface area contributed by atoms with Crippen molar-refractivity contribution >= 4 is 11.8 Å². The standard InChI is InChI=1S/C20H25N5O2/c1-15-12-18(22-25(15)16-6-3-2-4-7-16)20(27)23-10-5-8-17(14-23)24-11-9-21-13-19(24)26/h2-4,6-7,12,17,21H,5,8-11,13-14H2,1H3. The Bertz CT molecular complexity index is 832. The van der Waals surface area contributed by atoms with E-state index >= 15 is 0 Å². The van der Waals surface area contributed by atoms with Crippen molar-refractivity contribution in [1.29, 1.82) is 0 Å². The molecule has 2 amide bonds. The Morgan fingerprint density at radius 1 is 1.22 bits per heavy atom. The number of para-hydroxylation sites is 1. The van der Waals surface area contributed by atoms with Gasteiger partial charge in [-0.2, -0.15) is 5.10 Å². The third kappa shape index (κ3) is 3.60. The number of carbonyl (C=O) groups is 2. The van der Waals surface area contributed by atoms with Crippen molar-refractivity contribution in [3.8, 4) is 5.69 Å². The molecule has 1 atom stereocenters. The topological polar surface area (TPSA) is 70.5 Å². The quantitative estimate of drug-likeness (QED) is 0.886. The predicted molar refractivity (Wildman–Crippen MR) is 102 cm³/mol. The molecule has 2 aliphatic heterocycles. The van der Waals surface area contributed by atoms with Gasteiger partial charge in [-0.25, -0.2) is 4.68 Å². The van der Waals surface area contributed by atoms with E-state index in [2.05, 4.69) is 10.4 Å². The number of rotatable bonds is 3. The largest absolute Gasteiger partial charge is 0.336 e. The lowest BCUT2D eigenvalue weighted by molar-refractivity contribution is -0.135. The molecule has 0 spiro atoms. The first-order chi connectivity index (χ1) is 13.1. The van der Waals surface area contributed by atoms with E-state index < -0.39 is 0 Å². The number of benzene rings is 1. The maximum Gasteiger partial charge on any atom is 0.274 e. The summed E-state index contributed by atoms with van der Waals surface area (Å²) < 4.78 is 1.80. The zero-order valence-electron chi connectivity index (χ0n) is 15.6. The normalized spacial score (nSPS) is 20.8. The van der Waals surface area contributed by atoms with Crippen LogP contribution in [0.5, 0.6) is 0 Å². The Kier molecular flexibility index (Phi) is 4.94. The Morgan fingerprint density at radius 2 is 2.04 bits per heavy atom. The number of nitrogens with one attached hydrogen (secondary N) is 1. The fourth-order valence-corrected chi connectivity index (χ4v) is 3.97. The number of likely N-dealkylation sites (tertiary alicyclic amines) is 1. The summed E-state index contributed by atoms with van der Waals surface area (Å²) in [6, 6.07) is 11.8. The van der Waals surface area contributed by atoms with Crippen molar-refractivity contribution in [2.24, 2.45) is 0 Å². The summed E-state index contributed by atoms with van der Waals surface area (Å²) in [5.74, 6) is 0.0739. The summed E-state index contributed by atoms with van der Waals surface area (Å²) in [4.78, 5) is 29.0. The molecular formula is C20H25N5O2. The number of aromatic nitrogens is 2. The average molecular weight is 367 g/mol. The van der Waals surface area contributed by atoms with E-state index in [9.17, 15) is 9.59 Å². The summed E-state index contributed by atoms with van der Waals surface area (Å²) in [5.41, 5.74) is 2.33. The number of hydrogen-bond acceptors (Lipinski definition) is 4. The first-order valence-electron chi connectivity index (χ1n) is 9.55. The number of amides is 2. The van der Waals surface area contributed by atoms with Gasteiger partial charge in [0.05, 0.1) is 12.2 Å². The van der Waals surface area contributed by atoms with Crippen molar-refractivity contribution in [1.82, 2.24) is 24.9 Å². The first-order valence-corrected chi connectivity index (χ1v) is 9.55. The second-order valence-electron chi connectivity index (χ2n) is 7.23. The fourth-order valence-electron chi connectivity index (χ4n) is 3.97. The number of piperazine rings is 1. The van der Waals surface area contributed by atoms with Crippen LogP contribution in [0.2, 0.25) is 0 Å². The van der Waals surface area contributed by atoms with Gasteiger partial charge in [0.25, 0.3) is 5.91 Å². The van der Waals surface area contributed by atoms with Gasteiger partial charge in [-0.15, -0.1) is 0 Å². The van der Waals surface area contributed by atoms with E-state index in [0.29, 0.717) is 31.9 Å². The summed E-state index contributed by atoms with van der Waals surface area (Å²) in [6.45, 7) is 5.18. The highest BCUT2D eigenvalue weighted by Crippen LogP contribution is 2.20. The van der Waals surface area contributed by atoms with Crippen LogP contribution < -0.4 is 5.32 Å². The molecule has 0 radical (unpaired) electrons. The maximum absolute atomic E-state index is 13.0. The molecule has 1 aromatic carbocycles. The second kappa shape index (κ2) is 7.52. The van der Waals surface area contributed by atoms with E-state index in [1.807, 2.05) is 53.1 Å². The molecule has 4 rings (SSSR count). The minimum Gasteiger partial charge on any atom is -0.336 e. The zero-order valence-corrected chi connectivity index (χ0v) is 15.6. The number of piperidine rings is 1. The number of aryl methyl sites for hydroxylation is 1. The lowest BCUT2D eigenvalue weighted by Gasteiger charge is -2.40. The Morgan fingerprint density at radius 3 is 2.81 bits per heavy atom. The van der Waals surface area contributed by atoms with Crippen molar-refractivity contribution in [2.45, 2.75) is 25.8 Å². The molecule has 3 heterocycles. The van der Waals surface area contributed by atoms with Crippen LogP contribution in [-0.4, -0.2) is 70.2 Å². The van der Waals surface area contributed by atoms with Gasteiger partial charge in [-0.3, -0.25) is 9.59 Å². The van der Waals surface area contributed by atoms with Gasteiger partial charge in [0.2, 0.25) is 5.91 Å². The molecule has 1 aromatic heterocycles. The van der Waals surface area contributed by atoms with Gasteiger partial charge in [-0.05, 0) is 38.0 Å². The molecule has 2 saturated heterocycles. The summed E-state index contributed by atoms with van der Waals surface area (Å²) in [7, 11) is 0. The summed E-state index contributed by atoms with van der Waals surface area (Å²) in [5, 5.41) is 7.65. The van der Waals surface area contributed by atoms with Crippen molar-refractivity contribution in [3.05, 3.63) is 47.8 Å². The molecule has 0 saturated carbocycles. The lowest BCUT2D eigenvalue weighted by atomic mass is 10.0. The van der Waals surface area contributed by atoms with Crippen molar-refractivity contribution < 1.29 is 9.59 Å². The zero-order chi connectivity index (χ0) is 18.8. The van der Waals surface area contributed by atoms with Crippen LogP contribution in [0.1, 0.15) is 29.0 Å². The van der Waals surface area contributed by atoms with Crippen molar-refractivity contribution in [3.63, 3.8) is 0 Å². The van der Waals surface area contributed by atoms with E-state index in [-0.39, 0.29) is 17.9 Å². The molecule has 27 heavy (non-hydrogen) atoms. The van der Waals surface area contributed by atoms with Crippen LogP contribution in [0.3, 0.4) is 0 Å². The van der Waals surface area contributed by atoms with Crippen molar-refractivity contribution in [2.75, 3.05) is 32.7 Å². The van der Waals surface area contributed by atoms with E-state index in [0.717, 1.165) is 30.8 Å². The van der Waals surface area contributed by atoms with Crippen LogP contribution in [0, 0.1) is 6.92 Å². The number of hydrogen-bond donors (Lipinski definition) is 1. The Hall–Kier alpha value is -2.67. The van der Waals surface area contributed by atoms with Crippen LogP contribution >= 0.6 is 0 Å². The van der Waals surface area contributed by atoms with Crippen LogP contribution in [-0.2, 0) is 4.79 Å². The minimum atomic E-state index is -0.0555. The third-order valence-corrected chi connectivity index (χ3v) is 5.36. The minimum absolute atomic E-state index is 0.0555. The molecule has 0 aliphatic carbocycles. The smallest absolute Gasteiger partial charge is 0.274 e. The van der Waals surface area contributed by atoms with Gasteiger partial charge in [0.15, 0.2) is 5.69 Å². The molecule has 142 valence electrons. The summed E-state index contributed by atoms with van der Waals surface area (Å²) >= 11 is 0. The molecule has 2 fully saturated rings. The molecule has 1 unspecified atom stereocenters. The van der Waals surface area contributed by atoms with Gasteiger partial charge in [0, 0.05) is 37.9 Å². The number of nitrogens with zero attached hydrogens (tertiary/aromatic N) is 4.